The SMILES string of the molecule is Cc1ccc(C)c(Oc2cc(C(N)=S)ccn2)c1. The molecule has 0 aliphatic rings. The number of nitrogens with two attached hydrogens (primary N) is 1. The van der Waals surface area contributed by atoms with Gasteiger partial charge in [0.15, 0.2) is 0 Å². The van der Waals surface area contributed by atoms with E-state index in [1.165, 1.54) is 0 Å². The summed E-state index contributed by atoms with van der Waals surface area (Å²) in [5.74, 6) is 1.29. The van der Waals surface area contributed by atoms with Gasteiger partial charge >= 0.3 is 0 Å². The topological polar surface area (TPSA) is 48.1 Å². The second-order valence-corrected chi connectivity index (χ2v) is 4.56. The van der Waals surface area contributed by atoms with Gasteiger partial charge in [-0.1, -0.05) is 24.4 Å². The van der Waals surface area contributed by atoms with Gasteiger partial charge in [-0.05, 0) is 37.1 Å². The lowest BCUT2D eigenvalue weighted by atomic mass is 10.1. The van der Waals surface area contributed by atoms with Crippen LogP contribution in [0.15, 0.2) is 36.5 Å². The molecule has 0 atom stereocenters. The smallest absolute Gasteiger partial charge is 0.219 e. The minimum absolute atomic E-state index is 0.336. The highest BCUT2D eigenvalue weighted by Crippen LogP contribution is 2.24. The summed E-state index contributed by atoms with van der Waals surface area (Å²) in [6.45, 7) is 4.01. The first kappa shape index (κ1) is 12.5. The molecule has 1 aromatic carbocycles. The van der Waals surface area contributed by atoms with Crippen molar-refractivity contribution in [2.24, 2.45) is 5.73 Å². The lowest BCUT2D eigenvalue weighted by Crippen LogP contribution is -2.09. The maximum absolute atomic E-state index is 5.75. The van der Waals surface area contributed by atoms with E-state index in [9.17, 15) is 0 Å². The van der Waals surface area contributed by atoms with Crippen molar-refractivity contribution in [2.45, 2.75) is 13.8 Å². The van der Waals surface area contributed by atoms with Crippen LogP contribution in [0.3, 0.4) is 0 Å². The predicted molar refractivity (Wildman–Crippen MR) is 76.1 cm³/mol. The van der Waals surface area contributed by atoms with Crippen LogP contribution in [0.2, 0.25) is 0 Å². The Balaban J connectivity index is 2.31. The Morgan fingerprint density at radius 3 is 2.72 bits per heavy atom. The number of hydrogen-bond acceptors (Lipinski definition) is 3. The van der Waals surface area contributed by atoms with Crippen LogP contribution >= 0.6 is 12.2 Å². The Morgan fingerprint density at radius 1 is 1.22 bits per heavy atom. The van der Waals surface area contributed by atoms with Gasteiger partial charge in [-0.15, -0.1) is 0 Å². The van der Waals surface area contributed by atoms with Crippen molar-refractivity contribution >= 4 is 17.2 Å². The quantitative estimate of drug-likeness (QED) is 0.859. The van der Waals surface area contributed by atoms with Crippen LogP contribution < -0.4 is 10.5 Å². The summed E-state index contributed by atoms with van der Waals surface area (Å²) < 4.78 is 5.75. The molecular weight excluding hydrogens is 244 g/mol. The number of thiocarbonyl (C=S) groups is 1. The third kappa shape index (κ3) is 2.84. The number of aromatic nitrogens is 1. The normalized spacial score (nSPS) is 10.1. The molecule has 0 amide bonds. The van der Waals surface area contributed by atoms with Gasteiger partial charge in [0.2, 0.25) is 5.88 Å². The number of aryl methyl sites for hydroxylation is 2. The van der Waals surface area contributed by atoms with E-state index in [0.717, 1.165) is 22.4 Å². The van der Waals surface area contributed by atoms with Gasteiger partial charge in [0.1, 0.15) is 10.7 Å². The molecule has 3 nitrogen and oxygen atoms in total. The van der Waals surface area contributed by atoms with E-state index in [4.69, 9.17) is 22.7 Å². The molecule has 0 radical (unpaired) electrons. The molecule has 2 N–H and O–H groups in total. The standard InChI is InChI=1S/C14H14N2OS/c1-9-3-4-10(2)12(7-9)17-13-8-11(14(15)18)5-6-16-13/h3-8H,1-2H3,(H2,15,18). The number of ether oxygens (including phenoxy) is 1. The van der Waals surface area contributed by atoms with Crippen molar-refractivity contribution in [1.82, 2.24) is 4.98 Å². The molecule has 2 rings (SSSR count). The molecule has 0 spiro atoms. The molecule has 0 saturated carbocycles. The first-order valence-electron chi connectivity index (χ1n) is 5.57. The molecule has 2 aromatic rings. The predicted octanol–water partition coefficient (Wildman–Crippen LogP) is 3.12. The van der Waals surface area contributed by atoms with Crippen molar-refractivity contribution < 1.29 is 4.74 Å². The summed E-state index contributed by atoms with van der Waals surface area (Å²) in [6, 6.07) is 9.54. The van der Waals surface area contributed by atoms with Crippen molar-refractivity contribution in [3.05, 3.63) is 53.2 Å². The Bertz CT molecular complexity index is 596. The summed E-state index contributed by atoms with van der Waals surface area (Å²) in [5.41, 5.74) is 8.53. The molecule has 0 saturated heterocycles. The van der Waals surface area contributed by atoms with E-state index in [1.807, 2.05) is 32.0 Å². The zero-order chi connectivity index (χ0) is 13.1. The fourth-order valence-electron chi connectivity index (χ4n) is 1.55. The van der Waals surface area contributed by atoms with Crippen LogP contribution in [0.25, 0.3) is 0 Å². The zero-order valence-electron chi connectivity index (χ0n) is 10.3. The maximum atomic E-state index is 5.75. The Kier molecular flexibility index (Phi) is 3.58. The molecular formula is C14H14N2OS. The lowest BCUT2D eigenvalue weighted by molar-refractivity contribution is 0.459. The van der Waals surface area contributed by atoms with E-state index in [0.29, 0.717) is 10.9 Å². The van der Waals surface area contributed by atoms with Crippen LogP contribution in [0.4, 0.5) is 0 Å². The summed E-state index contributed by atoms with van der Waals surface area (Å²) >= 11 is 4.93. The first-order valence-corrected chi connectivity index (χ1v) is 5.98. The van der Waals surface area contributed by atoms with E-state index < -0.39 is 0 Å². The summed E-state index contributed by atoms with van der Waals surface area (Å²) in [6.07, 6.45) is 1.63. The molecule has 0 unspecified atom stereocenters. The van der Waals surface area contributed by atoms with Crippen molar-refractivity contribution in [3.63, 3.8) is 0 Å². The van der Waals surface area contributed by atoms with Gasteiger partial charge in [0.25, 0.3) is 0 Å². The Labute approximate surface area is 112 Å². The highest BCUT2D eigenvalue weighted by Gasteiger charge is 2.05. The molecule has 0 bridgehead atoms. The second kappa shape index (κ2) is 5.14. The summed E-state index contributed by atoms with van der Waals surface area (Å²) in [7, 11) is 0. The van der Waals surface area contributed by atoms with Gasteiger partial charge in [0.05, 0.1) is 0 Å². The number of benzene rings is 1. The molecule has 92 valence electrons. The molecule has 4 heteroatoms. The fourth-order valence-corrected chi connectivity index (χ4v) is 1.68. The van der Waals surface area contributed by atoms with Crippen LogP contribution in [0, 0.1) is 13.8 Å². The molecule has 0 aliphatic heterocycles. The number of rotatable bonds is 3. The minimum atomic E-state index is 0.336. The zero-order valence-corrected chi connectivity index (χ0v) is 11.1. The lowest BCUT2D eigenvalue weighted by Gasteiger charge is -2.09. The highest BCUT2D eigenvalue weighted by atomic mass is 32.1. The van der Waals surface area contributed by atoms with Gasteiger partial charge in [-0.3, -0.25) is 0 Å². The average molecular weight is 258 g/mol. The molecule has 1 heterocycles. The van der Waals surface area contributed by atoms with Crippen molar-refractivity contribution in [1.29, 1.82) is 0 Å². The minimum Gasteiger partial charge on any atom is -0.439 e. The number of pyridine rings is 1. The Morgan fingerprint density at radius 2 is 2.00 bits per heavy atom. The van der Waals surface area contributed by atoms with Gasteiger partial charge in [-0.2, -0.15) is 0 Å². The van der Waals surface area contributed by atoms with Crippen LogP contribution in [-0.2, 0) is 0 Å². The van der Waals surface area contributed by atoms with Crippen LogP contribution in [0.1, 0.15) is 16.7 Å². The van der Waals surface area contributed by atoms with Crippen molar-refractivity contribution in [2.75, 3.05) is 0 Å². The van der Waals surface area contributed by atoms with E-state index >= 15 is 0 Å². The fraction of sp³-hybridized carbons (Fsp3) is 0.143. The van der Waals surface area contributed by atoms with E-state index in [1.54, 1.807) is 18.3 Å². The molecule has 18 heavy (non-hydrogen) atoms. The molecule has 1 aromatic heterocycles. The number of hydrogen-bond donors (Lipinski definition) is 1. The van der Waals surface area contributed by atoms with E-state index in [2.05, 4.69) is 4.98 Å². The van der Waals surface area contributed by atoms with Gasteiger partial charge in [-0.25, -0.2) is 4.98 Å². The van der Waals surface area contributed by atoms with Gasteiger partial charge < -0.3 is 10.5 Å². The third-order valence-electron chi connectivity index (χ3n) is 2.58. The van der Waals surface area contributed by atoms with Crippen LogP contribution in [0.5, 0.6) is 11.6 Å². The first-order chi connectivity index (χ1) is 8.56. The largest absolute Gasteiger partial charge is 0.439 e. The third-order valence-corrected chi connectivity index (χ3v) is 2.81. The number of nitrogens with zero attached hydrogens (tertiary/aromatic N) is 1. The second-order valence-electron chi connectivity index (χ2n) is 4.12. The molecule has 0 aliphatic carbocycles. The van der Waals surface area contributed by atoms with Crippen LogP contribution in [-0.4, -0.2) is 9.97 Å². The monoisotopic (exact) mass is 258 g/mol. The summed E-state index contributed by atoms with van der Waals surface area (Å²) in [5, 5.41) is 0. The Hall–Kier alpha value is -1.94. The average Bonchev–Trinajstić information content (AvgIpc) is 2.34. The maximum Gasteiger partial charge on any atom is 0.219 e. The summed E-state index contributed by atoms with van der Waals surface area (Å²) in [4.78, 5) is 4.49. The highest BCUT2D eigenvalue weighted by molar-refractivity contribution is 7.80. The van der Waals surface area contributed by atoms with Crippen molar-refractivity contribution in [3.8, 4) is 11.6 Å². The molecule has 0 fully saturated rings. The van der Waals surface area contributed by atoms with E-state index in [-0.39, 0.29) is 0 Å². The van der Waals surface area contributed by atoms with Gasteiger partial charge in [0, 0.05) is 17.8 Å².